The van der Waals surface area contributed by atoms with Crippen molar-refractivity contribution in [1.29, 1.82) is 0 Å². The van der Waals surface area contributed by atoms with E-state index in [4.69, 9.17) is 0 Å². The molecule has 34 valence electrons. The van der Waals surface area contributed by atoms with Gasteiger partial charge in [0.2, 0.25) is 0 Å². The first-order valence-corrected chi connectivity index (χ1v) is 4.19. The molecule has 2 aliphatic rings. The highest BCUT2D eigenvalue weighted by Gasteiger charge is 2.11. The lowest BCUT2D eigenvalue weighted by molar-refractivity contribution is 1.55. The van der Waals surface area contributed by atoms with Crippen LogP contribution in [-0.4, -0.2) is 0 Å². The van der Waals surface area contributed by atoms with Crippen LogP contribution in [0.25, 0.3) is 0 Å². The van der Waals surface area contributed by atoms with E-state index in [1.807, 2.05) is 0 Å². The fourth-order valence-corrected chi connectivity index (χ4v) is 1.79. The van der Waals surface area contributed by atoms with Crippen molar-refractivity contribution >= 4 is 21.0 Å². The van der Waals surface area contributed by atoms with Gasteiger partial charge in [-0.1, -0.05) is 5.73 Å². The Labute approximate surface area is 51.6 Å². The monoisotopic (exact) mass is 203 g/mol. The van der Waals surface area contributed by atoms with E-state index in [2.05, 4.69) is 19.0 Å². The topological polar surface area (TPSA) is 12.4 Å². The molecule has 0 fully saturated rings. The van der Waals surface area contributed by atoms with Crippen LogP contribution in [0, 0.1) is 0 Å². The summed E-state index contributed by atoms with van der Waals surface area (Å²) in [5.74, 6) is 0. The highest BCUT2D eigenvalue weighted by molar-refractivity contribution is 14.2. The summed E-state index contributed by atoms with van der Waals surface area (Å²) in [6.45, 7) is 0. The van der Waals surface area contributed by atoms with E-state index in [0.29, 0.717) is 0 Å². The van der Waals surface area contributed by atoms with E-state index < -0.39 is 0 Å². The summed E-state index contributed by atoms with van der Waals surface area (Å²) in [6.07, 6.45) is 2.11. The Morgan fingerprint density at radius 2 is 2.71 bits per heavy atom. The molecule has 7 heavy (non-hydrogen) atoms. The van der Waals surface area contributed by atoms with Crippen molar-refractivity contribution in [2.45, 2.75) is 0 Å². The molecule has 0 spiro atoms. The first-order chi connectivity index (χ1) is 3.47. The molecule has 0 unspecified atom stereocenters. The van der Waals surface area contributed by atoms with Crippen LogP contribution in [0.4, 0.5) is 0 Å². The highest BCUT2D eigenvalue weighted by Crippen LogP contribution is 2.31. The van der Waals surface area contributed by atoms with Gasteiger partial charge < -0.3 is 0 Å². The molecule has 1 nitrogen and oxygen atoms in total. The Bertz CT molecular complexity index is 206. The summed E-state index contributed by atoms with van der Waals surface area (Å²) in [4.78, 5) is 0. The molecule has 0 saturated heterocycles. The maximum atomic E-state index is 4.20. The van der Waals surface area contributed by atoms with Crippen LogP contribution in [0.2, 0.25) is 0 Å². The molecular formula is C5H2IN. The SMILES string of the molecule is C1=C2C=CI=NC=12. The molecule has 0 aromatic rings. The molecule has 0 bridgehead atoms. The number of rotatable bonds is 0. The molecule has 1 aliphatic heterocycles. The Morgan fingerprint density at radius 3 is 3.29 bits per heavy atom. The normalized spacial score (nSPS) is 21.7. The summed E-state index contributed by atoms with van der Waals surface area (Å²) in [5.41, 5.74) is 5.40. The first kappa shape index (κ1) is 3.75. The third-order valence-electron chi connectivity index (χ3n) is 0.865. The number of fused-ring (bicyclic) bond motifs is 1. The van der Waals surface area contributed by atoms with Crippen molar-refractivity contribution in [3.8, 4) is 0 Å². The Balaban J connectivity index is 2.49. The zero-order chi connectivity index (χ0) is 4.69. The van der Waals surface area contributed by atoms with Gasteiger partial charge in [-0.05, 0) is 10.2 Å². The fraction of sp³-hybridized carbons (Fsp3) is 0. The molecule has 0 N–H and O–H groups in total. The van der Waals surface area contributed by atoms with Gasteiger partial charge >= 0.3 is 0 Å². The summed E-state index contributed by atoms with van der Waals surface area (Å²) in [5, 5.41) is 0. The van der Waals surface area contributed by atoms with Gasteiger partial charge in [-0.15, -0.1) is 0 Å². The molecule has 0 aromatic heterocycles. The van der Waals surface area contributed by atoms with Gasteiger partial charge in [-0.25, -0.2) is 3.15 Å². The van der Waals surface area contributed by atoms with Gasteiger partial charge in [0.25, 0.3) is 0 Å². The van der Waals surface area contributed by atoms with E-state index in [0.717, 1.165) is 5.70 Å². The lowest BCUT2D eigenvalue weighted by Crippen LogP contribution is -1.61. The molecule has 1 aliphatic carbocycles. The molecule has 0 radical (unpaired) electrons. The second kappa shape index (κ2) is 1.14. The predicted octanol–water partition coefficient (Wildman–Crippen LogP) is 2.09. The standard InChI is InChI=1S/C5H2IN/c1-2-6-7-5-3-4(1)5/h1-2H. The number of hydrogen-bond donors (Lipinski definition) is 0. The molecular weight excluding hydrogens is 201 g/mol. The van der Waals surface area contributed by atoms with E-state index in [-0.39, 0.29) is 21.0 Å². The van der Waals surface area contributed by atoms with Crippen molar-refractivity contribution < 1.29 is 0 Å². The second-order valence-electron chi connectivity index (χ2n) is 1.36. The first-order valence-electron chi connectivity index (χ1n) is 1.98. The lowest BCUT2D eigenvalue weighted by atomic mass is 10.4. The molecule has 2 heteroatoms. The van der Waals surface area contributed by atoms with Crippen LogP contribution in [0.1, 0.15) is 0 Å². The largest absolute Gasteiger partial charge is 0.213 e. The van der Waals surface area contributed by atoms with E-state index in [1.165, 1.54) is 5.57 Å². The van der Waals surface area contributed by atoms with Gasteiger partial charge in [0.15, 0.2) is 0 Å². The zero-order valence-corrected chi connectivity index (χ0v) is 5.64. The molecule has 0 saturated carbocycles. The minimum atomic E-state index is 0.0402. The van der Waals surface area contributed by atoms with Crippen LogP contribution < -0.4 is 0 Å². The molecule has 0 atom stereocenters. The van der Waals surface area contributed by atoms with Crippen molar-refractivity contribution in [3.63, 3.8) is 0 Å². The Hall–Kier alpha value is -0.210. The van der Waals surface area contributed by atoms with Crippen LogP contribution in [0.5, 0.6) is 0 Å². The average molecular weight is 203 g/mol. The average Bonchev–Trinajstić information content (AvgIpc) is 2.41. The van der Waals surface area contributed by atoms with E-state index in [9.17, 15) is 0 Å². The zero-order valence-electron chi connectivity index (χ0n) is 3.48. The van der Waals surface area contributed by atoms with Crippen molar-refractivity contribution in [3.05, 3.63) is 27.2 Å². The summed E-state index contributed by atoms with van der Waals surface area (Å²) in [7, 11) is 0. The van der Waals surface area contributed by atoms with Crippen LogP contribution in [-0.2, 0) is 0 Å². The van der Waals surface area contributed by atoms with Crippen molar-refractivity contribution in [2.75, 3.05) is 0 Å². The molecule has 0 aromatic carbocycles. The van der Waals surface area contributed by atoms with Gasteiger partial charge in [0.05, 0.1) is 5.57 Å². The van der Waals surface area contributed by atoms with Crippen LogP contribution >= 0.6 is 21.0 Å². The number of hydrogen-bond acceptors (Lipinski definition) is 1. The second-order valence-corrected chi connectivity index (χ2v) is 3.12. The molecule has 0 amide bonds. The van der Waals surface area contributed by atoms with Crippen LogP contribution in [0.15, 0.2) is 30.3 Å². The third-order valence-corrected chi connectivity index (χ3v) is 2.31. The fourth-order valence-electron chi connectivity index (χ4n) is 0.452. The van der Waals surface area contributed by atoms with Gasteiger partial charge in [-0.3, -0.25) is 0 Å². The van der Waals surface area contributed by atoms with Crippen LogP contribution in [0.3, 0.4) is 0 Å². The minimum Gasteiger partial charge on any atom is -0.213 e. The molecule has 1 heterocycles. The van der Waals surface area contributed by atoms with Crippen molar-refractivity contribution in [2.24, 2.45) is 3.15 Å². The third kappa shape index (κ3) is 0.508. The van der Waals surface area contributed by atoms with Gasteiger partial charge in [0, 0.05) is 21.0 Å². The Kier molecular flexibility index (Phi) is 0.611. The maximum Gasteiger partial charge on any atom is 0.127 e. The van der Waals surface area contributed by atoms with Crippen molar-refractivity contribution in [1.82, 2.24) is 0 Å². The van der Waals surface area contributed by atoms with Gasteiger partial charge in [-0.2, -0.15) is 0 Å². The van der Waals surface area contributed by atoms with E-state index >= 15 is 0 Å². The number of nitrogens with zero attached hydrogens (tertiary/aromatic N) is 1. The smallest absolute Gasteiger partial charge is 0.127 e. The minimum absolute atomic E-state index is 0.0402. The number of halogens is 1. The highest BCUT2D eigenvalue weighted by atomic mass is 127. The lowest BCUT2D eigenvalue weighted by Gasteiger charge is -1.82. The maximum absolute atomic E-state index is 4.20. The summed E-state index contributed by atoms with van der Waals surface area (Å²) < 4.78 is 6.35. The van der Waals surface area contributed by atoms with E-state index in [1.54, 1.807) is 0 Å². The Morgan fingerprint density at radius 1 is 1.71 bits per heavy atom. The molecule has 2 rings (SSSR count). The summed E-state index contributed by atoms with van der Waals surface area (Å²) in [6, 6.07) is 0. The quantitative estimate of drug-likeness (QED) is 0.422. The van der Waals surface area contributed by atoms with Gasteiger partial charge in [0.1, 0.15) is 5.70 Å². The predicted molar refractivity (Wildman–Crippen MR) is 36.1 cm³/mol. The summed E-state index contributed by atoms with van der Waals surface area (Å²) >= 11 is 0.0402.